The highest BCUT2D eigenvalue weighted by atomic mass is 19.1. The molecule has 1 aliphatic carbocycles. The molecule has 2 rings (SSSR count). The normalized spacial score (nSPS) is 23.8. The second-order valence-corrected chi connectivity index (χ2v) is 6.63. The molecule has 0 amide bonds. The first-order valence-electron chi connectivity index (χ1n) is 7.06. The van der Waals surface area contributed by atoms with Crippen LogP contribution < -0.4 is 5.32 Å². The van der Waals surface area contributed by atoms with E-state index in [1.54, 1.807) is 0 Å². The molecule has 2 atom stereocenters. The fourth-order valence-corrected chi connectivity index (χ4v) is 2.95. The summed E-state index contributed by atoms with van der Waals surface area (Å²) in [5, 5.41) is 3.51. The van der Waals surface area contributed by atoms with Crippen molar-refractivity contribution in [1.29, 1.82) is 0 Å². The zero-order valence-corrected chi connectivity index (χ0v) is 12.0. The zero-order valence-electron chi connectivity index (χ0n) is 12.0. The number of halogens is 2. The Hall–Kier alpha value is -0.960. The third kappa shape index (κ3) is 4.00. The summed E-state index contributed by atoms with van der Waals surface area (Å²) in [6.45, 7) is 7.32. The van der Waals surface area contributed by atoms with Crippen LogP contribution in [0.4, 0.5) is 8.78 Å². The highest BCUT2D eigenvalue weighted by Gasteiger charge is 2.29. The van der Waals surface area contributed by atoms with Crippen molar-refractivity contribution in [2.45, 2.75) is 51.5 Å². The minimum Gasteiger partial charge on any atom is -0.312 e. The predicted octanol–water partition coefficient (Wildman–Crippen LogP) is 4.24. The zero-order chi connectivity index (χ0) is 14.0. The van der Waals surface area contributed by atoms with Crippen LogP contribution in [-0.4, -0.2) is 12.1 Å². The lowest BCUT2D eigenvalue weighted by atomic mass is 9.88. The largest absolute Gasteiger partial charge is 0.312 e. The second-order valence-electron chi connectivity index (χ2n) is 6.63. The molecular formula is C16H23F2N. The second kappa shape index (κ2) is 5.58. The van der Waals surface area contributed by atoms with Crippen LogP contribution in [0, 0.1) is 17.6 Å². The van der Waals surface area contributed by atoms with Crippen molar-refractivity contribution in [3.8, 4) is 0 Å². The summed E-state index contributed by atoms with van der Waals surface area (Å²) in [5.74, 6) is -0.186. The van der Waals surface area contributed by atoms with E-state index in [2.05, 4.69) is 26.1 Å². The van der Waals surface area contributed by atoms with Crippen molar-refractivity contribution >= 4 is 0 Å². The standard InChI is InChI=1S/C16H23F2N/c1-16(2,3)19-10-11-5-4-6-15(11)12-7-13(17)9-14(18)8-12/h7-9,11,15,19H,4-6,10H2,1-3H3. The van der Waals surface area contributed by atoms with Gasteiger partial charge in [-0.05, 0) is 69.7 Å². The van der Waals surface area contributed by atoms with Gasteiger partial charge < -0.3 is 5.32 Å². The van der Waals surface area contributed by atoms with Gasteiger partial charge in [-0.25, -0.2) is 8.78 Å². The van der Waals surface area contributed by atoms with Crippen LogP contribution in [0.5, 0.6) is 0 Å². The molecule has 0 aliphatic heterocycles. The maximum Gasteiger partial charge on any atom is 0.126 e. The summed E-state index contributed by atoms with van der Waals surface area (Å²) >= 11 is 0. The average Bonchev–Trinajstić information content (AvgIpc) is 2.72. The Labute approximate surface area is 114 Å². The highest BCUT2D eigenvalue weighted by molar-refractivity contribution is 5.23. The summed E-state index contributed by atoms with van der Waals surface area (Å²) in [5.41, 5.74) is 0.899. The third-order valence-electron chi connectivity index (χ3n) is 3.87. The predicted molar refractivity (Wildman–Crippen MR) is 74.2 cm³/mol. The fourth-order valence-electron chi connectivity index (χ4n) is 2.95. The van der Waals surface area contributed by atoms with Gasteiger partial charge in [0.25, 0.3) is 0 Å². The number of benzene rings is 1. The van der Waals surface area contributed by atoms with E-state index in [-0.39, 0.29) is 11.5 Å². The molecule has 3 heteroatoms. The molecule has 0 aromatic heterocycles. The van der Waals surface area contributed by atoms with Gasteiger partial charge in [0, 0.05) is 11.6 Å². The first-order chi connectivity index (χ1) is 8.85. The van der Waals surface area contributed by atoms with Gasteiger partial charge in [0.05, 0.1) is 0 Å². The molecule has 0 spiro atoms. The van der Waals surface area contributed by atoms with Crippen LogP contribution in [0.2, 0.25) is 0 Å². The minimum absolute atomic E-state index is 0.0837. The summed E-state index contributed by atoms with van der Waals surface area (Å²) in [4.78, 5) is 0. The number of rotatable bonds is 3. The fraction of sp³-hybridized carbons (Fsp3) is 0.625. The first-order valence-corrected chi connectivity index (χ1v) is 7.06. The van der Waals surface area contributed by atoms with Crippen LogP contribution in [0.3, 0.4) is 0 Å². The van der Waals surface area contributed by atoms with E-state index in [4.69, 9.17) is 0 Å². The lowest BCUT2D eigenvalue weighted by Crippen LogP contribution is -2.39. The lowest BCUT2D eigenvalue weighted by molar-refractivity contribution is 0.356. The van der Waals surface area contributed by atoms with Crippen molar-refractivity contribution < 1.29 is 8.78 Å². The van der Waals surface area contributed by atoms with Gasteiger partial charge >= 0.3 is 0 Å². The molecular weight excluding hydrogens is 244 g/mol. The van der Waals surface area contributed by atoms with Gasteiger partial charge in [0.2, 0.25) is 0 Å². The van der Waals surface area contributed by atoms with E-state index in [1.807, 2.05) is 0 Å². The summed E-state index contributed by atoms with van der Waals surface area (Å²) < 4.78 is 26.7. The van der Waals surface area contributed by atoms with Gasteiger partial charge in [0.1, 0.15) is 11.6 Å². The molecule has 1 nitrogen and oxygen atoms in total. The van der Waals surface area contributed by atoms with Crippen LogP contribution in [-0.2, 0) is 0 Å². The monoisotopic (exact) mass is 267 g/mol. The van der Waals surface area contributed by atoms with Gasteiger partial charge in [-0.15, -0.1) is 0 Å². The molecule has 1 aromatic rings. The molecule has 1 fully saturated rings. The van der Waals surface area contributed by atoms with E-state index >= 15 is 0 Å². The van der Waals surface area contributed by atoms with Gasteiger partial charge in [-0.2, -0.15) is 0 Å². The van der Waals surface area contributed by atoms with E-state index in [9.17, 15) is 8.78 Å². The Bertz CT molecular complexity index is 417. The topological polar surface area (TPSA) is 12.0 Å². The lowest BCUT2D eigenvalue weighted by Gasteiger charge is -2.26. The molecule has 0 heterocycles. The van der Waals surface area contributed by atoms with Gasteiger partial charge in [0.15, 0.2) is 0 Å². The molecule has 2 unspecified atom stereocenters. The molecule has 1 saturated carbocycles. The number of hydrogen-bond donors (Lipinski definition) is 1. The van der Waals surface area contributed by atoms with E-state index in [1.165, 1.54) is 12.1 Å². The van der Waals surface area contributed by atoms with Crippen LogP contribution >= 0.6 is 0 Å². The van der Waals surface area contributed by atoms with Gasteiger partial charge in [-0.1, -0.05) is 6.42 Å². The molecule has 106 valence electrons. The Kier molecular flexibility index (Phi) is 4.24. The highest BCUT2D eigenvalue weighted by Crippen LogP contribution is 2.39. The molecule has 1 aromatic carbocycles. The van der Waals surface area contributed by atoms with Crippen LogP contribution in [0.1, 0.15) is 51.5 Å². The average molecular weight is 267 g/mol. The smallest absolute Gasteiger partial charge is 0.126 e. The summed E-state index contributed by atoms with van der Waals surface area (Å²) in [6, 6.07) is 3.92. The third-order valence-corrected chi connectivity index (χ3v) is 3.87. The Balaban J connectivity index is 2.09. The Morgan fingerprint density at radius 1 is 1.11 bits per heavy atom. The SMILES string of the molecule is CC(C)(C)NCC1CCCC1c1cc(F)cc(F)c1. The van der Waals surface area contributed by atoms with E-state index in [0.29, 0.717) is 5.92 Å². The van der Waals surface area contributed by atoms with Crippen molar-refractivity contribution in [3.05, 3.63) is 35.4 Å². The number of hydrogen-bond acceptors (Lipinski definition) is 1. The van der Waals surface area contributed by atoms with Crippen LogP contribution in [0.25, 0.3) is 0 Å². The Morgan fingerprint density at radius 2 is 1.74 bits per heavy atom. The summed E-state index contributed by atoms with van der Waals surface area (Å²) in [7, 11) is 0. The summed E-state index contributed by atoms with van der Waals surface area (Å²) in [6.07, 6.45) is 3.30. The van der Waals surface area contributed by atoms with Crippen molar-refractivity contribution in [2.24, 2.45) is 5.92 Å². The minimum atomic E-state index is -0.468. The van der Waals surface area contributed by atoms with E-state index < -0.39 is 11.6 Å². The maximum absolute atomic E-state index is 13.3. The van der Waals surface area contributed by atoms with Crippen molar-refractivity contribution in [3.63, 3.8) is 0 Å². The maximum atomic E-state index is 13.3. The molecule has 0 saturated heterocycles. The van der Waals surface area contributed by atoms with E-state index in [0.717, 1.165) is 37.4 Å². The number of nitrogens with one attached hydrogen (secondary N) is 1. The Morgan fingerprint density at radius 3 is 2.32 bits per heavy atom. The molecule has 1 N–H and O–H groups in total. The first kappa shape index (κ1) is 14.4. The van der Waals surface area contributed by atoms with Crippen LogP contribution in [0.15, 0.2) is 18.2 Å². The van der Waals surface area contributed by atoms with Crippen molar-refractivity contribution in [2.75, 3.05) is 6.54 Å². The molecule has 1 aliphatic rings. The van der Waals surface area contributed by atoms with Crippen molar-refractivity contribution in [1.82, 2.24) is 5.32 Å². The van der Waals surface area contributed by atoms with Gasteiger partial charge in [-0.3, -0.25) is 0 Å². The molecule has 0 radical (unpaired) electrons. The molecule has 0 bridgehead atoms. The molecule has 19 heavy (non-hydrogen) atoms. The quantitative estimate of drug-likeness (QED) is 0.864.